The second-order valence-corrected chi connectivity index (χ2v) is 7.38. The van der Waals surface area contributed by atoms with Crippen LogP contribution in [0.25, 0.3) is 0 Å². The van der Waals surface area contributed by atoms with Crippen LogP contribution in [0.3, 0.4) is 0 Å². The van der Waals surface area contributed by atoms with E-state index in [4.69, 9.17) is 10.9 Å². The Labute approximate surface area is 126 Å². The number of rotatable bonds is 4. The molecule has 1 aliphatic carbocycles. The summed E-state index contributed by atoms with van der Waals surface area (Å²) in [4.78, 5) is 0.192. The Morgan fingerprint density at radius 2 is 2.20 bits per heavy atom. The van der Waals surface area contributed by atoms with Gasteiger partial charge in [0.2, 0.25) is 10.0 Å². The van der Waals surface area contributed by atoms with Crippen molar-refractivity contribution in [1.29, 1.82) is 0 Å². The maximum Gasteiger partial charge on any atom is 0.240 e. The zero-order valence-corrected chi connectivity index (χ0v) is 13.1. The molecule has 6 nitrogen and oxygen atoms in total. The van der Waals surface area contributed by atoms with E-state index < -0.39 is 10.0 Å². The first-order chi connectivity index (χ1) is 9.44. The number of benzene rings is 1. The first kappa shape index (κ1) is 15.3. The van der Waals surface area contributed by atoms with Crippen LogP contribution in [0.2, 0.25) is 0 Å². The SMILES string of the molecule is NC(=NO)C1CCCC1NS(=O)(=O)c1cccc(Br)c1. The van der Waals surface area contributed by atoms with Gasteiger partial charge in [-0.15, -0.1) is 0 Å². The normalized spacial score (nSPS) is 23.9. The van der Waals surface area contributed by atoms with Gasteiger partial charge in [0.05, 0.1) is 4.90 Å². The van der Waals surface area contributed by atoms with Gasteiger partial charge in [-0.3, -0.25) is 0 Å². The molecule has 0 heterocycles. The molecular formula is C12H16BrN3O3S. The third-order valence-electron chi connectivity index (χ3n) is 3.42. The molecule has 1 aliphatic rings. The van der Waals surface area contributed by atoms with Gasteiger partial charge in [0.1, 0.15) is 5.84 Å². The minimum absolute atomic E-state index is 0.0736. The molecule has 2 unspecified atom stereocenters. The van der Waals surface area contributed by atoms with E-state index in [9.17, 15) is 8.42 Å². The highest BCUT2D eigenvalue weighted by molar-refractivity contribution is 9.10. The fraction of sp³-hybridized carbons (Fsp3) is 0.417. The molecule has 1 fully saturated rings. The Morgan fingerprint density at radius 3 is 2.85 bits per heavy atom. The fourth-order valence-corrected chi connectivity index (χ4v) is 4.34. The quantitative estimate of drug-likeness (QED) is 0.328. The Balaban J connectivity index is 2.20. The van der Waals surface area contributed by atoms with Gasteiger partial charge in [0.15, 0.2) is 0 Å². The lowest BCUT2D eigenvalue weighted by molar-refractivity contribution is 0.312. The number of nitrogens with two attached hydrogens (primary N) is 1. The van der Waals surface area contributed by atoms with Crippen molar-refractivity contribution in [1.82, 2.24) is 4.72 Å². The summed E-state index contributed by atoms with van der Waals surface area (Å²) < 4.78 is 28.0. The molecule has 20 heavy (non-hydrogen) atoms. The highest BCUT2D eigenvalue weighted by Gasteiger charge is 2.34. The molecule has 0 radical (unpaired) electrons. The van der Waals surface area contributed by atoms with Crippen molar-refractivity contribution in [3.8, 4) is 0 Å². The lowest BCUT2D eigenvalue weighted by atomic mass is 10.0. The predicted molar refractivity (Wildman–Crippen MR) is 79.0 cm³/mol. The average molecular weight is 362 g/mol. The molecular weight excluding hydrogens is 346 g/mol. The van der Waals surface area contributed by atoms with Crippen LogP contribution in [-0.2, 0) is 10.0 Å². The van der Waals surface area contributed by atoms with Crippen molar-refractivity contribution in [2.75, 3.05) is 0 Å². The lowest BCUT2D eigenvalue weighted by Gasteiger charge is -2.19. The molecule has 0 aromatic heterocycles. The minimum atomic E-state index is -3.61. The standard InChI is InChI=1S/C12H16BrN3O3S/c13-8-3-1-4-9(7-8)20(18,19)16-11-6-2-5-10(11)12(14)15-17/h1,3-4,7,10-11,16-17H,2,5-6H2,(H2,14,15). The Hall–Kier alpha value is -1.12. The Kier molecular flexibility index (Phi) is 4.66. The summed E-state index contributed by atoms with van der Waals surface area (Å²) in [6, 6.07) is 6.15. The van der Waals surface area contributed by atoms with E-state index in [1.807, 2.05) is 0 Å². The molecule has 110 valence electrons. The number of nitrogens with one attached hydrogen (secondary N) is 1. The highest BCUT2D eigenvalue weighted by Crippen LogP contribution is 2.27. The van der Waals surface area contributed by atoms with E-state index in [0.717, 1.165) is 6.42 Å². The van der Waals surface area contributed by atoms with Crippen molar-refractivity contribution in [2.24, 2.45) is 16.8 Å². The second-order valence-electron chi connectivity index (χ2n) is 4.75. The number of amidine groups is 1. The van der Waals surface area contributed by atoms with E-state index in [-0.39, 0.29) is 22.7 Å². The molecule has 0 aliphatic heterocycles. The van der Waals surface area contributed by atoms with Gasteiger partial charge in [0, 0.05) is 16.4 Å². The predicted octanol–water partition coefficient (Wildman–Crippen LogP) is 1.64. The Morgan fingerprint density at radius 1 is 1.45 bits per heavy atom. The maximum atomic E-state index is 12.3. The van der Waals surface area contributed by atoms with Crippen LogP contribution < -0.4 is 10.5 Å². The van der Waals surface area contributed by atoms with Gasteiger partial charge in [-0.1, -0.05) is 33.6 Å². The third-order valence-corrected chi connectivity index (χ3v) is 5.41. The fourth-order valence-electron chi connectivity index (χ4n) is 2.43. The topological polar surface area (TPSA) is 105 Å². The number of hydrogen-bond acceptors (Lipinski definition) is 4. The lowest BCUT2D eigenvalue weighted by Crippen LogP contribution is -2.42. The van der Waals surface area contributed by atoms with Crippen LogP contribution in [0.4, 0.5) is 0 Å². The van der Waals surface area contributed by atoms with Crippen molar-refractivity contribution in [3.63, 3.8) is 0 Å². The molecule has 0 bridgehead atoms. The number of nitrogens with zero attached hydrogens (tertiary/aromatic N) is 1. The van der Waals surface area contributed by atoms with E-state index in [0.29, 0.717) is 17.3 Å². The molecule has 4 N–H and O–H groups in total. The summed E-state index contributed by atoms with van der Waals surface area (Å²) >= 11 is 3.25. The molecule has 1 saturated carbocycles. The summed E-state index contributed by atoms with van der Waals surface area (Å²) in [6.45, 7) is 0. The molecule has 0 saturated heterocycles. The molecule has 1 aromatic rings. The average Bonchev–Trinajstić information content (AvgIpc) is 2.85. The summed E-state index contributed by atoms with van der Waals surface area (Å²) in [7, 11) is -3.61. The van der Waals surface area contributed by atoms with E-state index >= 15 is 0 Å². The first-order valence-corrected chi connectivity index (χ1v) is 8.47. The molecule has 0 amide bonds. The molecule has 0 spiro atoms. The number of hydrogen-bond donors (Lipinski definition) is 3. The Bertz CT molecular complexity index is 618. The van der Waals surface area contributed by atoms with Gasteiger partial charge in [-0.2, -0.15) is 0 Å². The van der Waals surface area contributed by atoms with Crippen LogP contribution in [0.1, 0.15) is 19.3 Å². The van der Waals surface area contributed by atoms with Crippen LogP contribution in [0.5, 0.6) is 0 Å². The van der Waals surface area contributed by atoms with E-state index in [2.05, 4.69) is 25.8 Å². The maximum absolute atomic E-state index is 12.3. The van der Waals surface area contributed by atoms with Gasteiger partial charge < -0.3 is 10.9 Å². The van der Waals surface area contributed by atoms with E-state index in [1.165, 1.54) is 12.1 Å². The van der Waals surface area contributed by atoms with Crippen LogP contribution in [0.15, 0.2) is 38.8 Å². The van der Waals surface area contributed by atoms with Crippen LogP contribution >= 0.6 is 15.9 Å². The minimum Gasteiger partial charge on any atom is -0.409 e. The molecule has 8 heteroatoms. The number of sulfonamides is 1. The van der Waals surface area contributed by atoms with E-state index in [1.54, 1.807) is 12.1 Å². The number of oxime groups is 1. The second kappa shape index (κ2) is 6.11. The molecule has 1 aromatic carbocycles. The zero-order valence-electron chi connectivity index (χ0n) is 10.7. The van der Waals surface area contributed by atoms with Gasteiger partial charge in [0.25, 0.3) is 0 Å². The highest BCUT2D eigenvalue weighted by atomic mass is 79.9. The van der Waals surface area contributed by atoms with Crippen molar-refractivity contribution >= 4 is 31.8 Å². The summed E-state index contributed by atoms with van der Waals surface area (Å²) in [5, 5.41) is 11.7. The first-order valence-electron chi connectivity index (χ1n) is 6.19. The third kappa shape index (κ3) is 3.31. The smallest absolute Gasteiger partial charge is 0.240 e. The van der Waals surface area contributed by atoms with Gasteiger partial charge in [-0.25, -0.2) is 13.1 Å². The summed E-state index contributed by atoms with van der Waals surface area (Å²) in [5.41, 5.74) is 5.61. The molecule has 2 rings (SSSR count). The molecule has 2 atom stereocenters. The monoisotopic (exact) mass is 361 g/mol. The van der Waals surface area contributed by atoms with Crippen molar-refractivity contribution in [2.45, 2.75) is 30.2 Å². The largest absolute Gasteiger partial charge is 0.409 e. The summed E-state index contributed by atoms with van der Waals surface area (Å²) in [5.74, 6) is -0.189. The van der Waals surface area contributed by atoms with Crippen LogP contribution in [0, 0.1) is 5.92 Å². The number of halogens is 1. The van der Waals surface area contributed by atoms with Crippen molar-refractivity contribution in [3.05, 3.63) is 28.7 Å². The zero-order chi connectivity index (χ0) is 14.8. The van der Waals surface area contributed by atoms with Crippen LogP contribution in [-0.4, -0.2) is 25.5 Å². The summed E-state index contributed by atoms with van der Waals surface area (Å²) in [6.07, 6.45) is 2.22. The van der Waals surface area contributed by atoms with Gasteiger partial charge in [-0.05, 0) is 31.0 Å². The van der Waals surface area contributed by atoms with Gasteiger partial charge >= 0.3 is 0 Å². The van der Waals surface area contributed by atoms with Crippen molar-refractivity contribution < 1.29 is 13.6 Å².